The zero-order valence-electron chi connectivity index (χ0n) is 10.0. The van der Waals surface area contributed by atoms with Gasteiger partial charge >= 0.3 is 0 Å². The van der Waals surface area contributed by atoms with Gasteiger partial charge in [-0.25, -0.2) is 4.98 Å². The molecule has 0 aliphatic rings. The molecule has 0 spiro atoms. The summed E-state index contributed by atoms with van der Waals surface area (Å²) in [6, 6.07) is 0.296. The number of imidazole rings is 1. The fourth-order valence-electron chi connectivity index (χ4n) is 1.54. The molecule has 1 aromatic heterocycles. The molecule has 1 aromatic rings. The first-order valence-corrected chi connectivity index (χ1v) is 5.78. The Labute approximate surface area is 99.8 Å². The molecule has 0 aliphatic carbocycles. The Balaban J connectivity index is 3.05. The summed E-state index contributed by atoms with van der Waals surface area (Å²) in [5.41, 5.74) is 1.09. The second-order valence-electron chi connectivity index (χ2n) is 3.93. The van der Waals surface area contributed by atoms with Crippen molar-refractivity contribution in [2.24, 2.45) is 7.05 Å². The van der Waals surface area contributed by atoms with Crippen LogP contribution in [-0.2, 0) is 7.05 Å². The predicted molar refractivity (Wildman–Crippen MR) is 66.0 cm³/mol. The fourth-order valence-corrected chi connectivity index (χ4v) is 2.15. The summed E-state index contributed by atoms with van der Waals surface area (Å²) in [5.74, 6) is 1.03. The standard InChI is InChI=1S/C10H19BrN4/c1-7-13-9(10(11)15(7)5)8(6-12-2)14(3)4/h8,12H,6H2,1-5H3. The van der Waals surface area contributed by atoms with Crippen molar-refractivity contribution >= 4 is 15.9 Å². The molecule has 0 fully saturated rings. The largest absolute Gasteiger partial charge is 0.326 e. The predicted octanol–water partition coefficient (Wildman–Crippen LogP) is 1.31. The van der Waals surface area contributed by atoms with E-state index in [0.29, 0.717) is 6.04 Å². The molecule has 0 bridgehead atoms. The molecular formula is C10H19BrN4. The lowest BCUT2D eigenvalue weighted by molar-refractivity contribution is 0.287. The Kier molecular flexibility index (Phi) is 4.31. The van der Waals surface area contributed by atoms with Gasteiger partial charge in [-0.2, -0.15) is 0 Å². The highest BCUT2D eigenvalue weighted by Gasteiger charge is 2.21. The quantitative estimate of drug-likeness (QED) is 0.899. The topological polar surface area (TPSA) is 33.1 Å². The Morgan fingerprint density at radius 3 is 2.47 bits per heavy atom. The van der Waals surface area contributed by atoms with Crippen molar-refractivity contribution < 1.29 is 0 Å². The van der Waals surface area contributed by atoms with Gasteiger partial charge in [-0.15, -0.1) is 0 Å². The molecule has 1 heterocycles. The van der Waals surface area contributed by atoms with Crippen LogP contribution in [0.1, 0.15) is 17.6 Å². The van der Waals surface area contributed by atoms with E-state index >= 15 is 0 Å². The minimum Gasteiger partial charge on any atom is -0.326 e. The first-order chi connectivity index (χ1) is 6.99. The molecule has 1 unspecified atom stereocenters. The number of aryl methyl sites for hydroxylation is 1. The third kappa shape index (κ3) is 2.59. The normalized spacial score (nSPS) is 13.5. The van der Waals surface area contributed by atoms with Gasteiger partial charge in [-0.05, 0) is 44.0 Å². The van der Waals surface area contributed by atoms with Gasteiger partial charge < -0.3 is 9.88 Å². The van der Waals surface area contributed by atoms with E-state index in [2.05, 4.69) is 49.8 Å². The lowest BCUT2D eigenvalue weighted by Crippen LogP contribution is -2.29. The molecule has 5 heteroatoms. The molecular weight excluding hydrogens is 256 g/mol. The van der Waals surface area contributed by atoms with Crippen molar-refractivity contribution in [3.05, 3.63) is 16.1 Å². The molecule has 86 valence electrons. The molecule has 0 amide bonds. The van der Waals surface area contributed by atoms with Gasteiger partial charge in [0.15, 0.2) is 0 Å². The van der Waals surface area contributed by atoms with Crippen molar-refractivity contribution in [2.75, 3.05) is 27.7 Å². The van der Waals surface area contributed by atoms with Crippen molar-refractivity contribution in [3.8, 4) is 0 Å². The lowest BCUT2D eigenvalue weighted by Gasteiger charge is -2.22. The molecule has 0 radical (unpaired) electrons. The highest BCUT2D eigenvalue weighted by atomic mass is 79.9. The van der Waals surface area contributed by atoms with Crippen LogP contribution in [0.5, 0.6) is 0 Å². The number of aromatic nitrogens is 2. The first-order valence-electron chi connectivity index (χ1n) is 4.98. The van der Waals surface area contributed by atoms with Crippen LogP contribution in [0, 0.1) is 6.92 Å². The Hall–Kier alpha value is -0.390. The summed E-state index contributed by atoms with van der Waals surface area (Å²) in [6.45, 7) is 2.91. The van der Waals surface area contributed by atoms with Gasteiger partial charge in [0.05, 0.1) is 11.7 Å². The van der Waals surface area contributed by atoms with Crippen molar-refractivity contribution in [1.82, 2.24) is 19.8 Å². The third-order valence-electron chi connectivity index (χ3n) is 2.61. The van der Waals surface area contributed by atoms with Crippen molar-refractivity contribution in [3.63, 3.8) is 0 Å². The van der Waals surface area contributed by atoms with E-state index < -0.39 is 0 Å². The number of hydrogen-bond donors (Lipinski definition) is 1. The smallest absolute Gasteiger partial charge is 0.109 e. The third-order valence-corrected chi connectivity index (χ3v) is 3.55. The molecule has 1 atom stereocenters. The van der Waals surface area contributed by atoms with Crippen molar-refractivity contribution in [1.29, 1.82) is 0 Å². The summed E-state index contributed by atoms with van der Waals surface area (Å²) in [7, 11) is 8.11. The highest BCUT2D eigenvalue weighted by molar-refractivity contribution is 9.10. The highest BCUT2D eigenvalue weighted by Crippen LogP contribution is 2.25. The molecule has 0 aliphatic heterocycles. The summed E-state index contributed by atoms with van der Waals surface area (Å²) < 4.78 is 3.12. The van der Waals surface area contributed by atoms with E-state index in [4.69, 9.17) is 0 Å². The van der Waals surface area contributed by atoms with Gasteiger partial charge in [-0.3, -0.25) is 4.90 Å². The second kappa shape index (κ2) is 5.09. The Morgan fingerprint density at radius 2 is 2.13 bits per heavy atom. The van der Waals surface area contributed by atoms with Gasteiger partial charge in [0.2, 0.25) is 0 Å². The summed E-state index contributed by atoms with van der Waals surface area (Å²) in [5, 5.41) is 3.19. The van der Waals surface area contributed by atoms with Crippen LogP contribution in [0.3, 0.4) is 0 Å². The van der Waals surface area contributed by atoms with E-state index in [9.17, 15) is 0 Å². The number of hydrogen-bond acceptors (Lipinski definition) is 3. The number of nitrogens with zero attached hydrogens (tertiary/aromatic N) is 3. The van der Waals surface area contributed by atoms with E-state index in [1.165, 1.54) is 0 Å². The van der Waals surface area contributed by atoms with E-state index in [1.54, 1.807) is 0 Å². The monoisotopic (exact) mass is 274 g/mol. The zero-order valence-corrected chi connectivity index (χ0v) is 11.6. The lowest BCUT2D eigenvalue weighted by atomic mass is 10.2. The van der Waals surface area contributed by atoms with Gasteiger partial charge in [-0.1, -0.05) is 0 Å². The van der Waals surface area contributed by atoms with Gasteiger partial charge in [0.1, 0.15) is 10.4 Å². The van der Waals surface area contributed by atoms with Crippen LogP contribution >= 0.6 is 15.9 Å². The Bertz CT molecular complexity index is 332. The van der Waals surface area contributed by atoms with E-state index in [1.807, 2.05) is 21.0 Å². The van der Waals surface area contributed by atoms with Crippen LogP contribution in [0.2, 0.25) is 0 Å². The molecule has 0 saturated carbocycles. The number of likely N-dealkylation sites (N-methyl/N-ethyl adjacent to an activating group) is 2. The summed E-state index contributed by atoms with van der Waals surface area (Å²) in [6.07, 6.45) is 0. The average Bonchev–Trinajstić information content (AvgIpc) is 2.42. The molecule has 0 aromatic carbocycles. The molecule has 1 rings (SSSR count). The van der Waals surface area contributed by atoms with Gasteiger partial charge in [0, 0.05) is 13.6 Å². The maximum atomic E-state index is 4.58. The second-order valence-corrected chi connectivity index (χ2v) is 4.68. The van der Waals surface area contributed by atoms with Crippen LogP contribution in [0.4, 0.5) is 0 Å². The fraction of sp³-hybridized carbons (Fsp3) is 0.700. The average molecular weight is 275 g/mol. The SMILES string of the molecule is CNCC(c1nc(C)n(C)c1Br)N(C)C. The molecule has 0 saturated heterocycles. The van der Waals surface area contributed by atoms with Crippen LogP contribution < -0.4 is 5.32 Å². The minimum atomic E-state index is 0.296. The molecule has 1 N–H and O–H groups in total. The maximum absolute atomic E-state index is 4.58. The number of rotatable bonds is 4. The van der Waals surface area contributed by atoms with E-state index in [-0.39, 0.29) is 0 Å². The van der Waals surface area contributed by atoms with Crippen LogP contribution in [0.15, 0.2) is 4.60 Å². The summed E-state index contributed by atoms with van der Waals surface area (Å²) in [4.78, 5) is 6.75. The van der Waals surface area contributed by atoms with Gasteiger partial charge in [0.25, 0.3) is 0 Å². The van der Waals surface area contributed by atoms with Crippen LogP contribution in [-0.4, -0.2) is 42.1 Å². The molecule has 4 nitrogen and oxygen atoms in total. The van der Waals surface area contributed by atoms with Crippen molar-refractivity contribution in [2.45, 2.75) is 13.0 Å². The molecule has 15 heavy (non-hydrogen) atoms. The first kappa shape index (κ1) is 12.7. The minimum absolute atomic E-state index is 0.296. The maximum Gasteiger partial charge on any atom is 0.109 e. The van der Waals surface area contributed by atoms with Crippen LogP contribution in [0.25, 0.3) is 0 Å². The number of nitrogens with one attached hydrogen (secondary N) is 1. The number of halogens is 1. The zero-order chi connectivity index (χ0) is 11.6. The Morgan fingerprint density at radius 1 is 1.53 bits per heavy atom. The summed E-state index contributed by atoms with van der Waals surface area (Å²) >= 11 is 3.59. The van der Waals surface area contributed by atoms with E-state index in [0.717, 1.165) is 22.7 Å².